The molecule has 0 saturated carbocycles. The Balaban J connectivity index is 1.83. The fraction of sp³-hybridized carbons (Fsp3) is 0.375. The number of nitrogens with zero attached hydrogens (tertiary/aromatic N) is 2. The summed E-state index contributed by atoms with van der Waals surface area (Å²) in [5, 5.41) is 20.2. The zero-order chi connectivity index (χ0) is 15.1. The second-order valence-electron chi connectivity index (χ2n) is 5.68. The van der Waals surface area contributed by atoms with E-state index in [0.717, 1.165) is 36.1 Å². The number of pyridine rings is 1. The lowest BCUT2D eigenvalue weighted by atomic mass is 10.1. The van der Waals surface area contributed by atoms with Crippen molar-refractivity contribution in [3.63, 3.8) is 0 Å². The first-order valence-corrected chi connectivity index (χ1v) is 7.37. The molecule has 112 valence electrons. The van der Waals surface area contributed by atoms with Gasteiger partial charge in [-0.05, 0) is 25.0 Å². The van der Waals surface area contributed by atoms with Gasteiger partial charge in [-0.3, -0.25) is 4.90 Å². The van der Waals surface area contributed by atoms with E-state index >= 15 is 0 Å². The standard InChI is InChI=1S/C16H15N3O3/c17-7-11-4-10-5-14-15(22-9-21-14)6-13(10)18-16(11)19-3-1-2-12(20)8-19/h4-6,12,20H,1-3,8-9H2/p+1/t12-/m1/s1. The van der Waals surface area contributed by atoms with E-state index in [2.05, 4.69) is 11.1 Å². The molecule has 4 rings (SSSR count). The van der Waals surface area contributed by atoms with Crippen LogP contribution in [0.1, 0.15) is 18.4 Å². The van der Waals surface area contributed by atoms with Gasteiger partial charge < -0.3 is 14.6 Å². The number of nitriles is 1. The summed E-state index contributed by atoms with van der Waals surface area (Å²) < 4.78 is 10.8. The third kappa shape index (κ3) is 2.11. The van der Waals surface area contributed by atoms with Gasteiger partial charge in [-0.15, -0.1) is 0 Å². The molecular formula is C16H16N3O3+. The minimum Gasteiger partial charge on any atom is -0.454 e. The van der Waals surface area contributed by atoms with Crippen LogP contribution in [0.5, 0.6) is 11.5 Å². The number of piperidine rings is 1. The van der Waals surface area contributed by atoms with Crippen LogP contribution in [-0.2, 0) is 0 Å². The number of benzene rings is 1. The van der Waals surface area contributed by atoms with Crippen molar-refractivity contribution in [2.45, 2.75) is 18.9 Å². The first kappa shape index (κ1) is 13.2. The van der Waals surface area contributed by atoms with E-state index in [9.17, 15) is 10.4 Å². The molecule has 2 aromatic rings. The Morgan fingerprint density at radius 1 is 1.27 bits per heavy atom. The molecule has 6 nitrogen and oxygen atoms in total. The molecule has 2 aliphatic rings. The largest absolute Gasteiger partial charge is 0.454 e. The molecule has 0 aliphatic carbocycles. The van der Waals surface area contributed by atoms with Crippen molar-refractivity contribution < 1.29 is 19.6 Å². The molecular weight excluding hydrogens is 282 g/mol. The number of H-pyrrole nitrogens is 1. The molecule has 1 atom stereocenters. The number of aliphatic hydroxyl groups excluding tert-OH is 1. The Bertz CT molecular complexity index is 784. The summed E-state index contributed by atoms with van der Waals surface area (Å²) in [6.45, 7) is 1.60. The van der Waals surface area contributed by atoms with Gasteiger partial charge in [-0.25, -0.2) is 4.98 Å². The number of nitrogens with one attached hydrogen (secondary N) is 1. The summed E-state index contributed by atoms with van der Waals surface area (Å²) in [5.41, 5.74) is 1.46. The SMILES string of the molecule is N#Cc1cc2cc3c(cc2[nH+]c1N1CCC[C@@H](O)C1)OCO3. The summed E-state index contributed by atoms with van der Waals surface area (Å²) in [5.74, 6) is 2.16. The molecule has 0 radical (unpaired) electrons. The Kier molecular flexibility index (Phi) is 3.01. The smallest absolute Gasteiger partial charge is 0.293 e. The fourth-order valence-corrected chi connectivity index (χ4v) is 3.10. The van der Waals surface area contributed by atoms with Crippen LogP contribution in [0.4, 0.5) is 5.82 Å². The van der Waals surface area contributed by atoms with Crippen molar-refractivity contribution in [2.75, 3.05) is 24.8 Å². The zero-order valence-corrected chi connectivity index (χ0v) is 12.0. The Morgan fingerprint density at radius 3 is 2.86 bits per heavy atom. The summed E-state index contributed by atoms with van der Waals surface area (Å²) in [6.07, 6.45) is 1.38. The first-order valence-electron chi connectivity index (χ1n) is 7.37. The number of fused-ring (bicyclic) bond motifs is 2. The number of aliphatic hydroxyl groups is 1. The van der Waals surface area contributed by atoms with E-state index in [-0.39, 0.29) is 12.9 Å². The highest BCUT2D eigenvalue weighted by molar-refractivity contribution is 5.83. The average Bonchev–Trinajstić information content (AvgIpc) is 2.98. The molecule has 22 heavy (non-hydrogen) atoms. The van der Waals surface area contributed by atoms with Crippen molar-refractivity contribution in [1.82, 2.24) is 0 Å². The Hall–Kier alpha value is -2.52. The molecule has 0 bridgehead atoms. The monoisotopic (exact) mass is 298 g/mol. The molecule has 0 amide bonds. The van der Waals surface area contributed by atoms with E-state index in [1.807, 2.05) is 23.1 Å². The van der Waals surface area contributed by atoms with Crippen LogP contribution in [0.25, 0.3) is 10.9 Å². The highest BCUT2D eigenvalue weighted by atomic mass is 16.7. The number of aromatic nitrogens is 1. The average molecular weight is 298 g/mol. The van der Waals surface area contributed by atoms with Gasteiger partial charge in [0.05, 0.1) is 12.6 Å². The maximum atomic E-state index is 9.87. The molecule has 1 fully saturated rings. The lowest BCUT2D eigenvalue weighted by Gasteiger charge is -2.25. The topological polar surface area (TPSA) is 79.9 Å². The van der Waals surface area contributed by atoms with Gasteiger partial charge in [0, 0.05) is 11.5 Å². The lowest BCUT2D eigenvalue weighted by molar-refractivity contribution is -0.331. The number of rotatable bonds is 1. The summed E-state index contributed by atoms with van der Waals surface area (Å²) in [7, 11) is 0. The third-order valence-electron chi connectivity index (χ3n) is 4.19. The van der Waals surface area contributed by atoms with Crippen molar-refractivity contribution in [2.24, 2.45) is 0 Å². The van der Waals surface area contributed by atoms with Gasteiger partial charge in [0.15, 0.2) is 11.5 Å². The fourth-order valence-electron chi connectivity index (χ4n) is 3.10. The molecule has 3 heterocycles. The maximum Gasteiger partial charge on any atom is 0.293 e. The molecule has 0 spiro atoms. The van der Waals surface area contributed by atoms with Crippen LogP contribution in [0, 0.1) is 11.3 Å². The maximum absolute atomic E-state index is 9.87. The van der Waals surface area contributed by atoms with Crippen molar-refractivity contribution in [3.05, 3.63) is 23.8 Å². The van der Waals surface area contributed by atoms with E-state index in [1.54, 1.807) is 0 Å². The molecule has 2 N–H and O–H groups in total. The Labute approximate surface area is 127 Å². The minimum atomic E-state index is -0.346. The predicted molar refractivity (Wildman–Crippen MR) is 78.8 cm³/mol. The van der Waals surface area contributed by atoms with Gasteiger partial charge >= 0.3 is 0 Å². The number of ether oxygens (including phenoxy) is 2. The predicted octanol–water partition coefficient (Wildman–Crippen LogP) is 1.22. The van der Waals surface area contributed by atoms with E-state index in [1.165, 1.54) is 0 Å². The van der Waals surface area contributed by atoms with Crippen molar-refractivity contribution >= 4 is 16.7 Å². The van der Waals surface area contributed by atoms with Gasteiger partial charge in [-0.2, -0.15) is 5.26 Å². The first-order chi connectivity index (χ1) is 10.7. The van der Waals surface area contributed by atoms with Crippen LogP contribution in [0.15, 0.2) is 18.2 Å². The lowest BCUT2D eigenvalue weighted by Crippen LogP contribution is -2.41. The summed E-state index contributed by atoms with van der Waals surface area (Å²) >= 11 is 0. The van der Waals surface area contributed by atoms with Crippen LogP contribution < -0.4 is 19.4 Å². The van der Waals surface area contributed by atoms with Gasteiger partial charge in [0.1, 0.15) is 23.7 Å². The number of hydrogen-bond acceptors (Lipinski definition) is 5. The zero-order valence-electron chi connectivity index (χ0n) is 12.0. The van der Waals surface area contributed by atoms with Crippen molar-refractivity contribution in [3.8, 4) is 17.6 Å². The van der Waals surface area contributed by atoms with E-state index in [4.69, 9.17) is 9.47 Å². The van der Waals surface area contributed by atoms with Crippen LogP contribution in [0.2, 0.25) is 0 Å². The van der Waals surface area contributed by atoms with E-state index < -0.39 is 0 Å². The molecule has 1 saturated heterocycles. The molecule has 6 heteroatoms. The second kappa shape index (κ2) is 5.04. The molecule has 0 unspecified atom stereocenters. The quantitative estimate of drug-likeness (QED) is 0.856. The van der Waals surface area contributed by atoms with Crippen molar-refractivity contribution in [1.29, 1.82) is 5.26 Å². The van der Waals surface area contributed by atoms with Gasteiger partial charge in [0.2, 0.25) is 6.79 Å². The van der Waals surface area contributed by atoms with E-state index in [0.29, 0.717) is 23.6 Å². The summed E-state index contributed by atoms with van der Waals surface area (Å²) in [4.78, 5) is 5.36. The minimum absolute atomic E-state index is 0.224. The molecule has 2 aliphatic heterocycles. The number of anilines is 1. The number of aromatic amines is 1. The highest BCUT2D eigenvalue weighted by Crippen LogP contribution is 2.35. The number of β-amino-alcohol motifs (C(OH)–C–C–N with tert-alkyl or cyclic N) is 1. The van der Waals surface area contributed by atoms with Crippen LogP contribution in [0.3, 0.4) is 0 Å². The van der Waals surface area contributed by atoms with Gasteiger partial charge in [0.25, 0.3) is 5.82 Å². The molecule has 1 aromatic heterocycles. The van der Waals surface area contributed by atoms with Crippen LogP contribution >= 0.6 is 0 Å². The Morgan fingerprint density at radius 2 is 2.09 bits per heavy atom. The second-order valence-corrected chi connectivity index (χ2v) is 5.68. The molecule has 1 aromatic carbocycles. The van der Waals surface area contributed by atoms with Crippen LogP contribution in [-0.4, -0.2) is 31.1 Å². The number of hydrogen-bond donors (Lipinski definition) is 1. The normalized spacial score (nSPS) is 20.2. The third-order valence-corrected chi connectivity index (χ3v) is 4.19. The highest BCUT2D eigenvalue weighted by Gasteiger charge is 2.28. The summed E-state index contributed by atoms with van der Waals surface area (Å²) in [6, 6.07) is 7.86. The van der Waals surface area contributed by atoms with Gasteiger partial charge in [-0.1, -0.05) is 0 Å².